The molecular weight excluding hydrogens is 413 g/mol. The third-order valence-corrected chi connectivity index (χ3v) is 4.15. The molecule has 0 fully saturated rings. The van der Waals surface area contributed by atoms with Crippen LogP contribution in [-0.4, -0.2) is 28.3 Å². The first-order valence-electron chi connectivity index (χ1n) is 9.23. The number of hydrogen-bond acceptors (Lipinski definition) is 6. The molecular formula is C21H19F3N4O3. The van der Waals surface area contributed by atoms with E-state index in [1.807, 2.05) is 31.2 Å². The van der Waals surface area contributed by atoms with Gasteiger partial charge in [-0.2, -0.15) is 18.2 Å². The van der Waals surface area contributed by atoms with Crippen molar-refractivity contribution in [2.24, 2.45) is 5.16 Å². The zero-order valence-corrected chi connectivity index (χ0v) is 16.7. The number of nitrogens with zero attached hydrogens (tertiary/aromatic N) is 3. The van der Waals surface area contributed by atoms with Crippen LogP contribution in [0, 0.1) is 6.92 Å². The molecule has 162 valence electrons. The number of amides is 1. The van der Waals surface area contributed by atoms with Crippen LogP contribution < -0.4 is 5.32 Å². The van der Waals surface area contributed by atoms with Gasteiger partial charge in [-0.05, 0) is 31.5 Å². The molecule has 0 atom stereocenters. The van der Waals surface area contributed by atoms with Gasteiger partial charge in [0, 0.05) is 11.1 Å². The molecule has 1 amide bonds. The molecule has 1 aromatic heterocycles. The third-order valence-electron chi connectivity index (χ3n) is 4.15. The van der Waals surface area contributed by atoms with Gasteiger partial charge >= 0.3 is 12.1 Å². The van der Waals surface area contributed by atoms with Crippen molar-refractivity contribution in [2.75, 3.05) is 6.54 Å². The lowest BCUT2D eigenvalue weighted by molar-refractivity contribution is -0.159. The molecule has 3 rings (SSSR count). The van der Waals surface area contributed by atoms with Crippen molar-refractivity contribution in [1.29, 1.82) is 0 Å². The maximum Gasteiger partial charge on any atom is 0.471 e. The predicted molar refractivity (Wildman–Crippen MR) is 106 cm³/mol. The fourth-order valence-corrected chi connectivity index (χ4v) is 2.47. The van der Waals surface area contributed by atoms with Crippen LogP contribution in [0.5, 0.6) is 0 Å². The van der Waals surface area contributed by atoms with Crippen LogP contribution in [0.1, 0.15) is 34.3 Å². The lowest BCUT2D eigenvalue weighted by Gasteiger charge is -2.06. The molecule has 3 aromatic rings. The minimum absolute atomic E-state index is 0.175. The van der Waals surface area contributed by atoms with E-state index in [0.29, 0.717) is 17.9 Å². The van der Waals surface area contributed by atoms with E-state index in [2.05, 4.69) is 25.1 Å². The number of carbonyl (C=O) groups excluding carboxylic acids is 1. The lowest BCUT2D eigenvalue weighted by atomic mass is 10.1. The minimum Gasteiger partial charge on any atom is -0.391 e. The summed E-state index contributed by atoms with van der Waals surface area (Å²) in [6, 6.07) is 13.6. The highest BCUT2D eigenvalue weighted by molar-refractivity contribution is 5.97. The van der Waals surface area contributed by atoms with Crippen molar-refractivity contribution < 1.29 is 27.3 Å². The fraction of sp³-hybridized carbons (Fsp3) is 0.238. The van der Waals surface area contributed by atoms with Crippen molar-refractivity contribution in [3.05, 3.63) is 71.1 Å². The summed E-state index contributed by atoms with van der Waals surface area (Å²) in [5.41, 5.74) is 3.32. The summed E-state index contributed by atoms with van der Waals surface area (Å²) < 4.78 is 41.8. The van der Waals surface area contributed by atoms with E-state index in [1.165, 1.54) is 24.3 Å². The number of benzene rings is 2. The number of hydrogen-bond donors (Lipinski definition) is 1. The summed E-state index contributed by atoms with van der Waals surface area (Å²) in [6.07, 6.45) is -4.71. The van der Waals surface area contributed by atoms with E-state index in [0.717, 1.165) is 11.1 Å². The smallest absolute Gasteiger partial charge is 0.391 e. The summed E-state index contributed by atoms with van der Waals surface area (Å²) in [6.45, 7) is 4.21. The molecule has 0 unspecified atom stereocenters. The third kappa shape index (κ3) is 6.14. The van der Waals surface area contributed by atoms with Gasteiger partial charge in [0.2, 0.25) is 5.82 Å². The van der Waals surface area contributed by atoms with Crippen LogP contribution in [0.25, 0.3) is 11.4 Å². The normalized spacial score (nSPS) is 12.0. The number of aromatic nitrogens is 2. The molecule has 0 aliphatic heterocycles. The van der Waals surface area contributed by atoms with Gasteiger partial charge in [-0.3, -0.25) is 4.79 Å². The minimum atomic E-state index is -4.71. The molecule has 1 heterocycles. The fourth-order valence-electron chi connectivity index (χ4n) is 2.47. The summed E-state index contributed by atoms with van der Waals surface area (Å²) in [5.74, 6) is -2.01. The Morgan fingerprint density at radius 1 is 1.13 bits per heavy atom. The highest BCUT2D eigenvalue weighted by atomic mass is 19.4. The predicted octanol–water partition coefficient (Wildman–Crippen LogP) is 4.39. The summed E-state index contributed by atoms with van der Waals surface area (Å²) >= 11 is 0. The lowest BCUT2D eigenvalue weighted by Crippen LogP contribution is -2.28. The number of alkyl halides is 3. The van der Waals surface area contributed by atoms with Crippen molar-refractivity contribution in [3.63, 3.8) is 0 Å². The Bertz CT molecular complexity index is 1060. The van der Waals surface area contributed by atoms with Gasteiger partial charge in [-0.1, -0.05) is 52.3 Å². The Balaban J connectivity index is 1.51. The van der Waals surface area contributed by atoms with Gasteiger partial charge in [0.15, 0.2) is 0 Å². The highest BCUT2D eigenvalue weighted by Crippen LogP contribution is 2.29. The average molecular weight is 432 g/mol. The molecule has 10 heteroatoms. The molecule has 1 N–H and O–H groups in total. The molecule has 0 saturated carbocycles. The number of nitrogens with one attached hydrogen (secondary N) is 1. The molecule has 31 heavy (non-hydrogen) atoms. The van der Waals surface area contributed by atoms with Gasteiger partial charge < -0.3 is 14.7 Å². The zero-order chi connectivity index (χ0) is 22.4. The molecule has 2 aromatic carbocycles. The van der Waals surface area contributed by atoms with Crippen molar-refractivity contribution in [1.82, 2.24) is 15.5 Å². The summed E-state index contributed by atoms with van der Waals surface area (Å²) in [7, 11) is 0. The Kier molecular flexibility index (Phi) is 6.68. The molecule has 0 radical (unpaired) electrons. The topological polar surface area (TPSA) is 89.6 Å². The Labute approximate surface area is 175 Å². The van der Waals surface area contributed by atoms with E-state index < -0.39 is 12.1 Å². The summed E-state index contributed by atoms with van der Waals surface area (Å²) in [4.78, 5) is 20.8. The maximum atomic E-state index is 12.5. The van der Waals surface area contributed by atoms with Crippen LogP contribution in [-0.2, 0) is 17.6 Å². The Morgan fingerprint density at radius 3 is 2.42 bits per heavy atom. The van der Waals surface area contributed by atoms with Crippen molar-refractivity contribution in [2.45, 2.75) is 26.6 Å². The average Bonchev–Trinajstić information content (AvgIpc) is 3.24. The van der Waals surface area contributed by atoms with Crippen LogP contribution in [0.4, 0.5) is 13.2 Å². The number of oxime groups is 1. The number of halogens is 3. The quantitative estimate of drug-likeness (QED) is 0.442. The number of aryl methyl sites for hydroxylation is 1. The van der Waals surface area contributed by atoms with Crippen LogP contribution in [0.15, 0.2) is 58.2 Å². The largest absolute Gasteiger partial charge is 0.471 e. The highest BCUT2D eigenvalue weighted by Gasteiger charge is 2.38. The molecule has 0 bridgehead atoms. The Morgan fingerprint density at radius 2 is 1.81 bits per heavy atom. The van der Waals surface area contributed by atoms with Gasteiger partial charge in [0.25, 0.3) is 5.91 Å². The second-order valence-electron chi connectivity index (χ2n) is 6.77. The first kappa shape index (κ1) is 22.0. The number of carbonyl (C=O) groups is 1. The van der Waals surface area contributed by atoms with E-state index in [9.17, 15) is 18.0 Å². The van der Waals surface area contributed by atoms with E-state index in [4.69, 9.17) is 4.84 Å². The van der Waals surface area contributed by atoms with E-state index in [1.54, 1.807) is 6.92 Å². The monoisotopic (exact) mass is 432 g/mol. The van der Waals surface area contributed by atoms with Gasteiger partial charge in [0.1, 0.15) is 6.61 Å². The van der Waals surface area contributed by atoms with Gasteiger partial charge in [0.05, 0.1) is 12.3 Å². The standard InChI is InChI=1S/C21H19F3N4O3/c1-13-3-5-15(6-4-13)12-30-27-14(2)11-25-19(29)17-9-7-16(8-10-17)18-26-20(31-28-18)21(22,23)24/h3-10H,11-12H2,1-2H3,(H,25,29). The van der Waals surface area contributed by atoms with E-state index in [-0.39, 0.29) is 23.8 Å². The van der Waals surface area contributed by atoms with Gasteiger partial charge in [-0.15, -0.1) is 0 Å². The molecule has 7 nitrogen and oxygen atoms in total. The molecule has 0 saturated heterocycles. The van der Waals surface area contributed by atoms with Gasteiger partial charge in [-0.25, -0.2) is 0 Å². The molecule has 0 aliphatic rings. The van der Waals surface area contributed by atoms with Crippen molar-refractivity contribution in [3.8, 4) is 11.4 Å². The Hall–Kier alpha value is -3.69. The molecule has 0 spiro atoms. The second kappa shape index (κ2) is 9.41. The van der Waals surface area contributed by atoms with Crippen LogP contribution in [0.2, 0.25) is 0 Å². The summed E-state index contributed by atoms with van der Waals surface area (Å²) in [5, 5.41) is 9.96. The molecule has 0 aliphatic carbocycles. The first-order valence-corrected chi connectivity index (χ1v) is 9.23. The van der Waals surface area contributed by atoms with Crippen molar-refractivity contribution >= 4 is 11.6 Å². The second-order valence-corrected chi connectivity index (χ2v) is 6.77. The number of rotatable bonds is 7. The van der Waals surface area contributed by atoms with Crippen LogP contribution >= 0.6 is 0 Å². The first-order chi connectivity index (χ1) is 14.7. The SMILES string of the molecule is CC(CNC(=O)c1ccc(-c2noc(C(F)(F)F)n2)cc1)=NOCc1ccc(C)cc1. The maximum absolute atomic E-state index is 12.5. The zero-order valence-electron chi connectivity index (χ0n) is 16.7. The van der Waals surface area contributed by atoms with Crippen LogP contribution in [0.3, 0.4) is 0 Å². The van der Waals surface area contributed by atoms with E-state index >= 15 is 0 Å².